The first-order valence-corrected chi connectivity index (χ1v) is 5.34. The van der Waals surface area contributed by atoms with E-state index in [1.165, 1.54) is 6.20 Å². The average molecular weight is 279 g/mol. The number of carbonyl (C=O) groups excluding carboxylic acids is 1. The number of aromatic nitrogens is 4. The topological polar surface area (TPSA) is 150 Å². The van der Waals surface area contributed by atoms with Crippen molar-refractivity contribution in [3.8, 4) is 0 Å². The molecular weight excluding hydrogens is 270 g/mol. The number of carboxylic acids is 1. The summed E-state index contributed by atoms with van der Waals surface area (Å²) in [4.78, 5) is 46.4. The van der Waals surface area contributed by atoms with E-state index in [9.17, 15) is 19.2 Å². The third kappa shape index (κ3) is 2.98. The fraction of sp³-hybridized carbons (Fsp3) is 0.100. The Morgan fingerprint density at radius 1 is 1.40 bits per heavy atom. The normalized spacial score (nSPS) is 10.2. The minimum absolute atomic E-state index is 0.0184. The monoisotopic (exact) mass is 279 g/mol. The Kier molecular flexibility index (Phi) is 3.46. The molecule has 0 aliphatic carbocycles. The van der Waals surface area contributed by atoms with Gasteiger partial charge in [0.25, 0.3) is 5.56 Å². The summed E-state index contributed by atoms with van der Waals surface area (Å²) in [6.45, 7) is -0.342. The molecule has 0 spiro atoms. The van der Waals surface area contributed by atoms with Crippen molar-refractivity contribution in [2.24, 2.45) is 0 Å². The van der Waals surface area contributed by atoms with Crippen molar-refractivity contribution in [2.75, 3.05) is 5.32 Å². The molecule has 0 aliphatic heterocycles. The van der Waals surface area contributed by atoms with Crippen LogP contribution < -0.4 is 16.6 Å². The molecule has 2 aromatic rings. The van der Waals surface area contributed by atoms with Crippen LogP contribution in [0.25, 0.3) is 0 Å². The number of aromatic carboxylic acids is 1. The van der Waals surface area contributed by atoms with Crippen molar-refractivity contribution in [3.05, 3.63) is 44.9 Å². The highest BCUT2D eigenvalue weighted by Crippen LogP contribution is 2.04. The highest BCUT2D eigenvalue weighted by molar-refractivity contribution is 5.92. The van der Waals surface area contributed by atoms with Gasteiger partial charge in [-0.05, 0) is 0 Å². The van der Waals surface area contributed by atoms with E-state index in [4.69, 9.17) is 5.11 Å². The molecule has 10 heteroatoms. The van der Waals surface area contributed by atoms with Gasteiger partial charge < -0.3 is 10.4 Å². The molecular formula is C10H9N5O5. The lowest BCUT2D eigenvalue weighted by atomic mass is 10.4. The second kappa shape index (κ2) is 5.22. The van der Waals surface area contributed by atoms with Gasteiger partial charge in [-0.2, -0.15) is 5.10 Å². The van der Waals surface area contributed by atoms with Crippen molar-refractivity contribution >= 4 is 17.7 Å². The molecule has 4 N–H and O–H groups in total. The lowest BCUT2D eigenvalue weighted by Crippen LogP contribution is -2.32. The van der Waals surface area contributed by atoms with Crippen LogP contribution in [0.2, 0.25) is 0 Å². The highest BCUT2D eigenvalue weighted by atomic mass is 16.4. The molecule has 0 fully saturated rings. The quantitative estimate of drug-likeness (QED) is 0.540. The zero-order valence-electron chi connectivity index (χ0n) is 9.91. The van der Waals surface area contributed by atoms with Crippen LogP contribution in [0.4, 0.5) is 5.82 Å². The number of carbonyl (C=O) groups is 2. The number of hydrogen-bond acceptors (Lipinski definition) is 5. The lowest BCUT2D eigenvalue weighted by molar-refractivity contribution is -0.116. The van der Waals surface area contributed by atoms with E-state index in [1.54, 1.807) is 0 Å². The van der Waals surface area contributed by atoms with Gasteiger partial charge in [-0.25, -0.2) is 9.59 Å². The molecule has 0 radical (unpaired) electrons. The Hall–Kier alpha value is -3.17. The van der Waals surface area contributed by atoms with E-state index >= 15 is 0 Å². The summed E-state index contributed by atoms with van der Waals surface area (Å²) in [5.41, 5.74) is -1.47. The molecule has 0 bridgehead atoms. The molecule has 0 unspecified atom stereocenters. The SMILES string of the molecule is O=C(Cn1ccc(=O)[nH]c1=O)Nc1cc(C(=O)O)[nH]n1. The zero-order valence-corrected chi connectivity index (χ0v) is 9.91. The second-order valence-electron chi connectivity index (χ2n) is 3.76. The van der Waals surface area contributed by atoms with Crippen LogP contribution >= 0.6 is 0 Å². The Balaban J connectivity index is 2.06. The summed E-state index contributed by atoms with van der Waals surface area (Å²) in [5.74, 6) is -1.79. The Labute approximate surface area is 110 Å². The fourth-order valence-corrected chi connectivity index (χ4v) is 1.40. The number of rotatable bonds is 4. The van der Waals surface area contributed by atoms with Crippen molar-refractivity contribution in [2.45, 2.75) is 6.54 Å². The second-order valence-corrected chi connectivity index (χ2v) is 3.76. The van der Waals surface area contributed by atoms with Gasteiger partial charge in [0.1, 0.15) is 12.2 Å². The maximum Gasteiger partial charge on any atom is 0.353 e. The van der Waals surface area contributed by atoms with Crippen molar-refractivity contribution in [1.82, 2.24) is 19.7 Å². The first kappa shape index (κ1) is 13.3. The van der Waals surface area contributed by atoms with Crippen LogP contribution in [0.3, 0.4) is 0 Å². The number of aromatic amines is 2. The van der Waals surface area contributed by atoms with E-state index in [2.05, 4.69) is 15.5 Å². The average Bonchev–Trinajstić information content (AvgIpc) is 2.81. The highest BCUT2D eigenvalue weighted by Gasteiger charge is 2.11. The minimum atomic E-state index is -1.21. The third-order valence-electron chi connectivity index (χ3n) is 2.29. The van der Waals surface area contributed by atoms with Crippen LogP contribution in [-0.4, -0.2) is 36.7 Å². The third-order valence-corrected chi connectivity index (χ3v) is 2.29. The van der Waals surface area contributed by atoms with E-state index in [-0.39, 0.29) is 18.1 Å². The van der Waals surface area contributed by atoms with E-state index in [0.29, 0.717) is 0 Å². The molecule has 1 amide bonds. The van der Waals surface area contributed by atoms with Gasteiger partial charge in [0.05, 0.1) is 0 Å². The van der Waals surface area contributed by atoms with Crippen LogP contribution in [0.1, 0.15) is 10.5 Å². The standard InChI is InChI=1S/C10H9N5O5/c16-7-1-2-15(10(20)12-7)4-8(17)11-6-3-5(9(18)19)13-14-6/h1-3H,4H2,(H,18,19)(H,12,16,20)(H2,11,13,14,17). The van der Waals surface area contributed by atoms with Crippen LogP contribution in [0, 0.1) is 0 Å². The van der Waals surface area contributed by atoms with Gasteiger partial charge in [-0.1, -0.05) is 0 Å². The molecule has 2 rings (SSSR count). The predicted octanol–water partition coefficient (Wildman–Crippen LogP) is -1.40. The Bertz CT molecular complexity index is 771. The zero-order chi connectivity index (χ0) is 14.7. The largest absolute Gasteiger partial charge is 0.477 e. The number of H-pyrrole nitrogens is 2. The summed E-state index contributed by atoms with van der Waals surface area (Å²) in [7, 11) is 0. The van der Waals surface area contributed by atoms with Crippen LogP contribution in [0.15, 0.2) is 27.9 Å². The molecule has 2 heterocycles. The van der Waals surface area contributed by atoms with Gasteiger partial charge in [-0.3, -0.25) is 24.2 Å². The van der Waals surface area contributed by atoms with E-state index in [1.807, 2.05) is 4.98 Å². The van der Waals surface area contributed by atoms with Crippen molar-refractivity contribution in [1.29, 1.82) is 0 Å². The Morgan fingerprint density at radius 3 is 2.75 bits per heavy atom. The lowest BCUT2D eigenvalue weighted by Gasteiger charge is -2.03. The smallest absolute Gasteiger partial charge is 0.353 e. The fourth-order valence-electron chi connectivity index (χ4n) is 1.40. The summed E-state index contributed by atoms with van der Waals surface area (Å²) in [5, 5.41) is 16.8. The molecule has 0 aromatic carbocycles. The first-order valence-electron chi connectivity index (χ1n) is 5.34. The molecule has 20 heavy (non-hydrogen) atoms. The summed E-state index contributed by atoms with van der Waals surface area (Å²) >= 11 is 0. The summed E-state index contributed by atoms with van der Waals surface area (Å²) < 4.78 is 0.988. The Morgan fingerprint density at radius 2 is 2.15 bits per heavy atom. The van der Waals surface area contributed by atoms with Gasteiger partial charge in [0.15, 0.2) is 5.82 Å². The summed E-state index contributed by atoms with van der Waals surface area (Å²) in [6.07, 6.45) is 1.17. The summed E-state index contributed by atoms with van der Waals surface area (Å²) in [6, 6.07) is 2.24. The van der Waals surface area contributed by atoms with Crippen molar-refractivity contribution in [3.63, 3.8) is 0 Å². The van der Waals surface area contributed by atoms with E-state index in [0.717, 1.165) is 16.7 Å². The molecule has 0 atom stereocenters. The van der Waals surface area contributed by atoms with Gasteiger partial charge in [0.2, 0.25) is 5.91 Å². The number of nitrogens with zero attached hydrogens (tertiary/aromatic N) is 2. The molecule has 0 saturated carbocycles. The predicted molar refractivity (Wildman–Crippen MR) is 65.5 cm³/mol. The minimum Gasteiger partial charge on any atom is -0.477 e. The van der Waals surface area contributed by atoms with Crippen LogP contribution in [-0.2, 0) is 11.3 Å². The number of hydrogen-bond donors (Lipinski definition) is 4. The van der Waals surface area contributed by atoms with Gasteiger partial charge in [-0.15, -0.1) is 0 Å². The number of amides is 1. The molecule has 0 saturated heterocycles. The van der Waals surface area contributed by atoms with Gasteiger partial charge in [0, 0.05) is 18.3 Å². The van der Waals surface area contributed by atoms with Crippen LogP contribution in [0.5, 0.6) is 0 Å². The molecule has 104 valence electrons. The first-order chi connectivity index (χ1) is 9.45. The molecule has 2 aromatic heterocycles. The molecule has 0 aliphatic rings. The van der Waals surface area contributed by atoms with Gasteiger partial charge >= 0.3 is 11.7 Å². The number of anilines is 1. The number of carboxylic acid groups (broad SMARTS) is 1. The van der Waals surface area contributed by atoms with E-state index < -0.39 is 23.1 Å². The maximum absolute atomic E-state index is 11.6. The van der Waals surface area contributed by atoms with Crippen molar-refractivity contribution < 1.29 is 14.7 Å². The maximum atomic E-state index is 11.6. The molecule has 10 nitrogen and oxygen atoms in total. The number of nitrogens with one attached hydrogen (secondary N) is 3.